The molecule has 4 heterocycles. The fourth-order valence-electron chi connectivity index (χ4n) is 4.65. The van der Waals surface area contributed by atoms with E-state index in [1.165, 1.54) is 6.42 Å². The molecule has 8 heteroatoms. The van der Waals surface area contributed by atoms with E-state index in [1.54, 1.807) is 6.20 Å². The van der Waals surface area contributed by atoms with Gasteiger partial charge < -0.3 is 19.2 Å². The SMILES string of the molecule is CN1CCN(C(=O)[C@@H]2CCCN(c3ncccc3-c3noc(C4CCC4)n3)C2)CC1. The van der Waals surface area contributed by atoms with E-state index in [4.69, 9.17) is 4.52 Å². The van der Waals surface area contributed by atoms with Crippen LogP contribution < -0.4 is 4.90 Å². The van der Waals surface area contributed by atoms with Crippen LogP contribution in [0.2, 0.25) is 0 Å². The fourth-order valence-corrected chi connectivity index (χ4v) is 4.65. The lowest BCUT2D eigenvalue weighted by Crippen LogP contribution is -2.51. The summed E-state index contributed by atoms with van der Waals surface area (Å²) in [4.78, 5) is 29.0. The van der Waals surface area contributed by atoms with Gasteiger partial charge in [0, 0.05) is 51.4 Å². The number of amides is 1. The first-order chi connectivity index (χ1) is 14.7. The van der Waals surface area contributed by atoms with E-state index in [0.717, 1.165) is 75.7 Å². The maximum atomic E-state index is 13.1. The molecule has 0 radical (unpaired) electrons. The first-order valence-corrected chi connectivity index (χ1v) is 11.2. The van der Waals surface area contributed by atoms with Crippen molar-refractivity contribution in [3.8, 4) is 11.4 Å². The van der Waals surface area contributed by atoms with Gasteiger partial charge in [-0.05, 0) is 44.9 Å². The van der Waals surface area contributed by atoms with Crippen LogP contribution in [0.4, 0.5) is 5.82 Å². The molecule has 1 saturated carbocycles. The van der Waals surface area contributed by atoms with Gasteiger partial charge in [-0.2, -0.15) is 4.98 Å². The molecular formula is C22H30N6O2. The lowest BCUT2D eigenvalue weighted by Gasteiger charge is -2.38. The molecule has 0 unspecified atom stereocenters. The molecule has 2 saturated heterocycles. The van der Waals surface area contributed by atoms with Crippen LogP contribution in [0.15, 0.2) is 22.9 Å². The van der Waals surface area contributed by atoms with E-state index in [2.05, 4.69) is 32.0 Å². The third-order valence-corrected chi connectivity index (χ3v) is 6.81. The molecule has 1 atom stereocenters. The number of hydrogen-bond donors (Lipinski definition) is 0. The summed E-state index contributed by atoms with van der Waals surface area (Å²) < 4.78 is 5.54. The second-order valence-electron chi connectivity index (χ2n) is 8.87. The van der Waals surface area contributed by atoms with Crippen molar-refractivity contribution in [1.29, 1.82) is 0 Å². The van der Waals surface area contributed by atoms with Crippen LogP contribution in [0.25, 0.3) is 11.4 Å². The van der Waals surface area contributed by atoms with E-state index in [-0.39, 0.29) is 11.8 Å². The van der Waals surface area contributed by atoms with E-state index >= 15 is 0 Å². The molecule has 0 aromatic carbocycles. The lowest BCUT2D eigenvalue weighted by atomic mass is 9.85. The summed E-state index contributed by atoms with van der Waals surface area (Å²) in [5, 5.41) is 4.25. The van der Waals surface area contributed by atoms with Gasteiger partial charge in [-0.1, -0.05) is 11.6 Å². The number of nitrogens with zero attached hydrogens (tertiary/aromatic N) is 6. The van der Waals surface area contributed by atoms with Crippen molar-refractivity contribution in [3.05, 3.63) is 24.2 Å². The van der Waals surface area contributed by atoms with E-state index < -0.39 is 0 Å². The second-order valence-corrected chi connectivity index (χ2v) is 8.87. The molecule has 1 amide bonds. The number of anilines is 1. The number of aromatic nitrogens is 3. The van der Waals surface area contributed by atoms with Gasteiger partial charge in [-0.25, -0.2) is 4.98 Å². The minimum atomic E-state index is 0.0211. The molecule has 30 heavy (non-hydrogen) atoms. The molecule has 8 nitrogen and oxygen atoms in total. The molecule has 0 spiro atoms. The molecule has 0 bridgehead atoms. The first-order valence-electron chi connectivity index (χ1n) is 11.2. The Balaban J connectivity index is 1.33. The van der Waals surface area contributed by atoms with Gasteiger partial charge in [0.15, 0.2) is 0 Å². The summed E-state index contributed by atoms with van der Waals surface area (Å²) in [5.41, 5.74) is 0.888. The van der Waals surface area contributed by atoms with Gasteiger partial charge in [-0.15, -0.1) is 0 Å². The number of pyridine rings is 1. The Bertz CT molecular complexity index is 887. The smallest absolute Gasteiger partial charge is 0.230 e. The summed E-state index contributed by atoms with van der Waals surface area (Å²) in [6, 6.07) is 3.92. The third kappa shape index (κ3) is 3.80. The van der Waals surface area contributed by atoms with Crippen LogP contribution >= 0.6 is 0 Å². The second kappa shape index (κ2) is 8.34. The molecular weight excluding hydrogens is 380 g/mol. The van der Waals surface area contributed by atoms with Crippen molar-refractivity contribution in [2.24, 2.45) is 5.92 Å². The molecule has 2 aliphatic heterocycles. The Hall–Kier alpha value is -2.48. The van der Waals surface area contributed by atoms with Crippen molar-refractivity contribution in [2.45, 2.75) is 38.0 Å². The Kier molecular flexibility index (Phi) is 5.41. The molecule has 0 N–H and O–H groups in total. The maximum absolute atomic E-state index is 13.1. The van der Waals surface area contributed by atoms with Gasteiger partial charge in [-0.3, -0.25) is 4.79 Å². The van der Waals surface area contributed by atoms with E-state index in [1.807, 2.05) is 17.0 Å². The molecule has 3 aliphatic rings. The van der Waals surface area contributed by atoms with Crippen molar-refractivity contribution in [3.63, 3.8) is 0 Å². The van der Waals surface area contributed by atoms with Crippen molar-refractivity contribution in [1.82, 2.24) is 24.9 Å². The predicted molar refractivity (Wildman–Crippen MR) is 113 cm³/mol. The minimum absolute atomic E-state index is 0.0211. The highest BCUT2D eigenvalue weighted by Gasteiger charge is 2.32. The van der Waals surface area contributed by atoms with Crippen LogP contribution in [0, 0.1) is 5.92 Å². The van der Waals surface area contributed by atoms with Crippen molar-refractivity contribution < 1.29 is 9.32 Å². The van der Waals surface area contributed by atoms with Crippen LogP contribution in [0.3, 0.4) is 0 Å². The molecule has 2 aromatic rings. The van der Waals surface area contributed by atoms with Gasteiger partial charge in [0.05, 0.1) is 11.5 Å². The Morgan fingerprint density at radius 2 is 1.93 bits per heavy atom. The molecule has 5 rings (SSSR count). The number of likely N-dealkylation sites (N-methyl/N-ethyl adjacent to an activating group) is 1. The summed E-state index contributed by atoms with van der Waals surface area (Å²) in [6.45, 7) is 5.15. The van der Waals surface area contributed by atoms with E-state index in [9.17, 15) is 4.79 Å². The zero-order valence-corrected chi connectivity index (χ0v) is 17.7. The van der Waals surface area contributed by atoms with Crippen LogP contribution in [0.5, 0.6) is 0 Å². The normalized spacial score (nSPS) is 23.4. The number of hydrogen-bond acceptors (Lipinski definition) is 7. The van der Waals surface area contributed by atoms with Crippen molar-refractivity contribution in [2.75, 3.05) is 51.2 Å². The minimum Gasteiger partial charge on any atom is -0.355 e. The Labute approximate surface area is 177 Å². The summed E-state index contributed by atoms with van der Waals surface area (Å²) in [7, 11) is 2.11. The number of carbonyl (C=O) groups excluding carboxylic acids is 1. The number of piperidine rings is 1. The average molecular weight is 411 g/mol. The topological polar surface area (TPSA) is 78.6 Å². The van der Waals surface area contributed by atoms with Crippen LogP contribution in [-0.2, 0) is 4.79 Å². The largest absolute Gasteiger partial charge is 0.355 e. The lowest BCUT2D eigenvalue weighted by molar-refractivity contribution is -0.137. The van der Waals surface area contributed by atoms with Gasteiger partial charge in [0.1, 0.15) is 5.82 Å². The van der Waals surface area contributed by atoms with Crippen LogP contribution in [-0.4, -0.2) is 77.1 Å². The maximum Gasteiger partial charge on any atom is 0.230 e. The highest BCUT2D eigenvalue weighted by atomic mass is 16.5. The zero-order valence-electron chi connectivity index (χ0n) is 17.7. The zero-order chi connectivity index (χ0) is 20.5. The summed E-state index contributed by atoms with van der Waals surface area (Å²) in [5.74, 6) is 2.92. The molecule has 160 valence electrons. The van der Waals surface area contributed by atoms with E-state index in [0.29, 0.717) is 18.3 Å². The molecule has 2 aromatic heterocycles. The van der Waals surface area contributed by atoms with Gasteiger partial charge in [0.25, 0.3) is 0 Å². The molecule has 1 aliphatic carbocycles. The monoisotopic (exact) mass is 410 g/mol. The first kappa shape index (κ1) is 19.5. The summed E-state index contributed by atoms with van der Waals surface area (Å²) >= 11 is 0. The number of piperazine rings is 1. The fraction of sp³-hybridized carbons (Fsp3) is 0.636. The quantitative estimate of drug-likeness (QED) is 0.766. The van der Waals surface area contributed by atoms with Crippen LogP contribution in [0.1, 0.15) is 43.9 Å². The number of rotatable bonds is 4. The number of carbonyl (C=O) groups is 1. The average Bonchev–Trinajstić information content (AvgIpc) is 3.22. The standard InChI is InChI=1S/C22H30N6O2/c1-26-11-13-27(14-12-26)22(29)17-7-4-10-28(15-17)20-18(8-3-9-23-20)19-24-21(30-25-19)16-5-2-6-16/h3,8-9,16-17H,2,4-7,10-15H2,1H3/t17-/m1/s1. The Morgan fingerprint density at radius 3 is 2.70 bits per heavy atom. The molecule has 3 fully saturated rings. The third-order valence-electron chi connectivity index (χ3n) is 6.81. The predicted octanol–water partition coefficient (Wildman–Crippen LogP) is 2.39. The van der Waals surface area contributed by atoms with Gasteiger partial charge in [0.2, 0.25) is 17.6 Å². The van der Waals surface area contributed by atoms with Gasteiger partial charge >= 0.3 is 0 Å². The highest BCUT2D eigenvalue weighted by Crippen LogP contribution is 2.37. The summed E-state index contributed by atoms with van der Waals surface area (Å²) in [6.07, 6.45) is 7.22. The Morgan fingerprint density at radius 1 is 1.10 bits per heavy atom. The van der Waals surface area contributed by atoms with Crippen molar-refractivity contribution >= 4 is 11.7 Å². The highest BCUT2D eigenvalue weighted by molar-refractivity contribution is 5.80.